The molecule has 2 aromatic rings. The van der Waals surface area contributed by atoms with Gasteiger partial charge in [0.05, 0.1) is 11.1 Å². The summed E-state index contributed by atoms with van der Waals surface area (Å²) in [5.41, 5.74) is 0.892. The van der Waals surface area contributed by atoms with Crippen LogP contribution in [0.5, 0.6) is 0 Å². The highest BCUT2D eigenvalue weighted by Crippen LogP contribution is 2.28. The summed E-state index contributed by atoms with van der Waals surface area (Å²) in [5, 5.41) is 12.0. The van der Waals surface area contributed by atoms with Crippen LogP contribution in [0.4, 0.5) is 0 Å². The highest BCUT2D eigenvalue weighted by Gasteiger charge is 2.10. The number of halogens is 3. The maximum absolute atomic E-state index is 10.1. The molecule has 1 unspecified atom stereocenters. The van der Waals surface area contributed by atoms with Crippen LogP contribution in [0.1, 0.15) is 5.56 Å². The second-order valence-corrected chi connectivity index (χ2v) is 6.65. The van der Waals surface area contributed by atoms with Crippen molar-refractivity contribution in [3.63, 3.8) is 0 Å². The van der Waals surface area contributed by atoms with Gasteiger partial charge in [-0.15, -0.1) is 11.8 Å². The smallest absolute Gasteiger partial charge is 0.0674 e. The molecule has 0 aliphatic rings. The fourth-order valence-electron chi connectivity index (χ4n) is 1.75. The molecule has 20 heavy (non-hydrogen) atoms. The molecule has 5 heteroatoms. The van der Waals surface area contributed by atoms with Crippen LogP contribution >= 0.6 is 46.6 Å². The molecule has 2 aromatic carbocycles. The Kier molecular flexibility index (Phi) is 6.06. The summed E-state index contributed by atoms with van der Waals surface area (Å²) in [4.78, 5) is 0.968. The standard InChI is InChI=1S/C15H13Cl3OS/c16-11-6-5-10(14(18)8-11)7-12(19)9-20-15-4-2-1-3-13(15)17/h1-6,8,12,19H,7,9H2. The van der Waals surface area contributed by atoms with Gasteiger partial charge in [-0.3, -0.25) is 0 Å². The van der Waals surface area contributed by atoms with Crippen molar-refractivity contribution < 1.29 is 5.11 Å². The van der Waals surface area contributed by atoms with Crippen molar-refractivity contribution in [1.82, 2.24) is 0 Å². The lowest BCUT2D eigenvalue weighted by molar-refractivity contribution is 0.200. The van der Waals surface area contributed by atoms with Crippen LogP contribution in [-0.4, -0.2) is 17.0 Å². The molecule has 0 aromatic heterocycles. The van der Waals surface area contributed by atoms with E-state index in [-0.39, 0.29) is 0 Å². The molecule has 106 valence electrons. The van der Waals surface area contributed by atoms with Crippen molar-refractivity contribution >= 4 is 46.6 Å². The molecule has 0 bridgehead atoms. The van der Waals surface area contributed by atoms with Crippen molar-refractivity contribution in [2.24, 2.45) is 0 Å². The number of benzene rings is 2. The number of rotatable bonds is 5. The number of aliphatic hydroxyl groups is 1. The molecule has 0 saturated carbocycles. The molecule has 1 atom stereocenters. The second kappa shape index (κ2) is 7.58. The zero-order chi connectivity index (χ0) is 14.5. The third-order valence-corrected chi connectivity index (χ3v) is 4.99. The molecule has 0 spiro atoms. The highest BCUT2D eigenvalue weighted by molar-refractivity contribution is 7.99. The molecule has 0 aliphatic heterocycles. The summed E-state index contributed by atoms with van der Waals surface area (Å²) < 4.78 is 0. The van der Waals surface area contributed by atoms with Crippen LogP contribution in [0, 0.1) is 0 Å². The van der Waals surface area contributed by atoms with Crippen LogP contribution in [0.3, 0.4) is 0 Å². The molecule has 0 amide bonds. The van der Waals surface area contributed by atoms with Gasteiger partial charge in [-0.05, 0) is 29.8 Å². The normalized spacial score (nSPS) is 12.4. The van der Waals surface area contributed by atoms with Gasteiger partial charge in [0.1, 0.15) is 0 Å². The Balaban J connectivity index is 1.92. The van der Waals surface area contributed by atoms with Gasteiger partial charge in [0.15, 0.2) is 0 Å². The van der Waals surface area contributed by atoms with Gasteiger partial charge in [-0.25, -0.2) is 0 Å². The fraction of sp³-hybridized carbons (Fsp3) is 0.200. The minimum atomic E-state index is -0.491. The zero-order valence-electron chi connectivity index (χ0n) is 10.5. The minimum absolute atomic E-state index is 0.491. The lowest BCUT2D eigenvalue weighted by Crippen LogP contribution is -2.13. The molecule has 2 rings (SSSR count). The zero-order valence-corrected chi connectivity index (χ0v) is 13.6. The van der Waals surface area contributed by atoms with E-state index >= 15 is 0 Å². The van der Waals surface area contributed by atoms with Crippen molar-refractivity contribution in [2.45, 2.75) is 17.4 Å². The van der Waals surface area contributed by atoms with Crippen LogP contribution in [0.2, 0.25) is 15.1 Å². The summed E-state index contributed by atoms with van der Waals surface area (Å²) in [7, 11) is 0. The second-order valence-electron chi connectivity index (χ2n) is 4.34. The number of hydrogen-bond acceptors (Lipinski definition) is 2. The van der Waals surface area contributed by atoms with Crippen LogP contribution in [0.25, 0.3) is 0 Å². The van der Waals surface area contributed by atoms with Crippen LogP contribution < -0.4 is 0 Å². The van der Waals surface area contributed by atoms with Gasteiger partial charge in [0, 0.05) is 27.1 Å². The molecule has 0 fully saturated rings. The van der Waals surface area contributed by atoms with E-state index in [1.807, 2.05) is 30.3 Å². The average molecular weight is 348 g/mol. The van der Waals surface area contributed by atoms with Crippen LogP contribution in [-0.2, 0) is 6.42 Å². The van der Waals surface area contributed by atoms with E-state index in [2.05, 4.69) is 0 Å². The molecule has 0 saturated heterocycles. The van der Waals surface area contributed by atoms with Crippen LogP contribution in [0.15, 0.2) is 47.4 Å². The first-order chi connectivity index (χ1) is 9.56. The van der Waals surface area contributed by atoms with E-state index < -0.39 is 6.10 Å². The Morgan fingerprint density at radius 3 is 2.45 bits per heavy atom. The maximum atomic E-state index is 10.1. The van der Waals surface area contributed by atoms with E-state index in [0.717, 1.165) is 10.5 Å². The number of aliphatic hydroxyl groups excluding tert-OH is 1. The van der Waals surface area contributed by atoms with Gasteiger partial charge in [0.25, 0.3) is 0 Å². The Morgan fingerprint density at radius 1 is 1.00 bits per heavy atom. The third-order valence-electron chi connectivity index (χ3n) is 2.74. The predicted octanol–water partition coefficient (Wildman–Crippen LogP) is 5.34. The number of hydrogen-bond donors (Lipinski definition) is 1. The van der Waals surface area contributed by atoms with Crippen molar-refractivity contribution in [3.8, 4) is 0 Å². The first kappa shape index (κ1) is 16.0. The van der Waals surface area contributed by atoms with E-state index in [1.54, 1.807) is 12.1 Å². The summed E-state index contributed by atoms with van der Waals surface area (Å²) in [6.07, 6.45) is 0.00272. The van der Waals surface area contributed by atoms with E-state index in [1.165, 1.54) is 11.8 Å². The molecule has 0 aliphatic carbocycles. The van der Waals surface area contributed by atoms with E-state index in [9.17, 15) is 5.11 Å². The minimum Gasteiger partial charge on any atom is -0.392 e. The predicted molar refractivity (Wildman–Crippen MR) is 88.3 cm³/mol. The molecule has 0 radical (unpaired) electrons. The fourth-order valence-corrected chi connectivity index (χ4v) is 3.40. The lowest BCUT2D eigenvalue weighted by atomic mass is 10.1. The van der Waals surface area contributed by atoms with Gasteiger partial charge >= 0.3 is 0 Å². The summed E-state index contributed by atoms with van der Waals surface area (Å²) in [6, 6.07) is 12.9. The first-order valence-electron chi connectivity index (χ1n) is 6.05. The average Bonchev–Trinajstić information content (AvgIpc) is 2.41. The van der Waals surface area contributed by atoms with Gasteiger partial charge in [-0.1, -0.05) is 53.0 Å². The molecular formula is C15H13Cl3OS. The Bertz CT molecular complexity index is 589. The Morgan fingerprint density at radius 2 is 1.75 bits per heavy atom. The van der Waals surface area contributed by atoms with Gasteiger partial charge in [0.2, 0.25) is 0 Å². The molecule has 0 heterocycles. The Hall–Kier alpha value is -0.380. The molecular weight excluding hydrogens is 335 g/mol. The van der Waals surface area contributed by atoms with E-state index in [0.29, 0.717) is 27.2 Å². The third kappa shape index (κ3) is 4.57. The summed E-state index contributed by atoms with van der Waals surface area (Å²) in [5.74, 6) is 0.558. The first-order valence-corrected chi connectivity index (χ1v) is 8.17. The van der Waals surface area contributed by atoms with Crippen molar-refractivity contribution in [2.75, 3.05) is 5.75 Å². The van der Waals surface area contributed by atoms with Gasteiger partial charge in [-0.2, -0.15) is 0 Å². The lowest BCUT2D eigenvalue weighted by Gasteiger charge is -2.12. The summed E-state index contributed by atoms with van der Waals surface area (Å²) >= 11 is 19.5. The van der Waals surface area contributed by atoms with Crippen molar-refractivity contribution in [1.29, 1.82) is 0 Å². The van der Waals surface area contributed by atoms with Gasteiger partial charge < -0.3 is 5.11 Å². The highest BCUT2D eigenvalue weighted by atomic mass is 35.5. The molecule has 1 N–H and O–H groups in total. The largest absolute Gasteiger partial charge is 0.392 e. The Labute approximate surface area is 137 Å². The van der Waals surface area contributed by atoms with E-state index in [4.69, 9.17) is 34.8 Å². The molecule has 1 nitrogen and oxygen atoms in total. The topological polar surface area (TPSA) is 20.2 Å². The quantitative estimate of drug-likeness (QED) is 0.736. The SMILES string of the molecule is OC(CSc1ccccc1Cl)Cc1ccc(Cl)cc1Cl. The maximum Gasteiger partial charge on any atom is 0.0674 e. The van der Waals surface area contributed by atoms with Crippen molar-refractivity contribution in [3.05, 3.63) is 63.1 Å². The summed E-state index contributed by atoms with van der Waals surface area (Å²) in [6.45, 7) is 0. The number of thioether (sulfide) groups is 1. The monoisotopic (exact) mass is 346 g/mol.